The number of imide groups is 2. The fourth-order valence-electron chi connectivity index (χ4n) is 6.84. The fraction of sp³-hybridized carbons (Fsp3) is 0.375. The van der Waals surface area contributed by atoms with Crippen molar-refractivity contribution in [1.82, 2.24) is 14.8 Å². The van der Waals surface area contributed by atoms with Gasteiger partial charge in [-0.25, -0.2) is 9.69 Å². The van der Waals surface area contributed by atoms with Crippen LogP contribution in [-0.4, -0.2) is 68.3 Å². The van der Waals surface area contributed by atoms with Gasteiger partial charge in [0.05, 0.1) is 27.0 Å². The number of aromatic nitrogens is 1. The zero-order chi connectivity index (χ0) is 30.3. The number of urea groups is 1. The number of rotatable bonds is 8. The second-order valence-corrected chi connectivity index (χ2v) is 11.4. The number of ether oxygens (including phenoxy) is 3. The van der Waals surface area contributed by atoms with Crippen molar-refractivity contribution in [2.75, 3.05) is 45.9 Å². The van der Waals surface area contributed by atoms with Crippen molar-refractivity contribution >= 4 is 23.5 Å². The molecule has 4 heterocycles. The summed E-state index contributed by atoms with van der Waals surface area (Å²) < 4.78 is 18.2. The third-order valence-electron chi connectivity index (χ3n) is 8.82. The van der Waals surface area contributed by atoms with E-state index in [1.165, 1.54) is 14.2 Å². The first-order chi connectivity index (χ1) is 20.8. The highest BCUT2D eigenvalue weighted by Crippen LogP contribution is 2.41. The molecule has 224 valence electrons. The number of nitrogens with one attached hydrogen (secondary N) is 1. The Morgan fingerprint density at radius 3 is 2.40 bits per heavy atom. The molecule has 6 rings (SSSR count). The molecule has 3 atom stereocenters. The number of anilines is 1. The highest BCUT2D eigenvalue weighted by atomic mass is 16.5. The second kappa shape index (κ2) is 11.2. The number of nitrogens with zero attached hydrogens (tertiary/aromatic N) is 3. The van der Waals surface area contributed by atoms with Crippen molar-refractivity contribution in [3.63, 3.8) is 0 Å². The zero-order valence-electron chi connectivity index (χ0n) is 24.4. The average molecular weight is 587 g/mol. The predicted molar refractivity (Wildman–Crippen MR) is 158 cm³/mol. The Morgan fingerprint density at radius 1 is 0.860 bits per heavy atom. The molecule has 0 spiro atoms. The van der Waals surface area contributed by atoms with E-state index >= 15 is 0 Å². The van der Waals surface area contributed by atoms with Gasteiger partial charge in [0, 0.05) is 62.4 Å². The summed E-state index contributed by atoms with van der Waals surface area (Å²) >= 11 is 0. The topological polar surface area (TPSA) is 119 Å². The lowest BCUT2D eigenvalue weighted by Crippen LogP contribution is -2.68. The van der Waals surface area contributed by atoms with Crippen molar-refractivity contribution in [3.05, 3.63) is 82.3 Å². The number of hydrogen-bond acceptors (Lipinski definition) is 8. The maximum Gasteiger partial charge on any atom is 0.335 e. The van der Waals surface area contributed by atoms with Gasteiger partial charge < -0.3 is 23.7 Å². The van der Waals surface area contributed by atoms with Crippen LogP contribution < -0.4 is 30.0 Å². The number of benzene rings is 2. The predicted octanol–water partition coefficient (Wildman–Crippen LogP) is 2.81. The molecule has 11 heteroatoms. The number of fused-ring (bicyclic) bond motifs is 4. The van der Waals surface area contributed by atoms with Crippen LogP contribution in [0.3, 0.4) is 0 Å². The van der Waals surface area contributed by atoms with Gasteiger partial charge in [0.1, 0.15) is 22.7 Å². The van der Waals surface area contributed by atoms with Gasteiger partial charge in [0.15, 0.2) is 0 Å². The second-order valence-electron chi connectivity index (χ2n) is 11.4. The Hall–Kier alpha value is -4.64. The van der Waals surface area contributed by atoms with E-state index in [2.05, 4.69) is 10.2 Å². The number of pyridine rings is 1. The first kappa shape index (κ1) is 28.5. The Bertz CT molecular complexity index is 1650. The number of carbonyl (C=O) groups is 3. The molecule has 0 aliphatic carbocycles. The molecule has 2 saturated heterocycles. The summed E-state index contributed by atoms with van der Waals surface area (Å²) in [6.07, 6.45) is 0.911. The van der Waals surface area contributed by atoms with Gasteiger partial charge >= 0.3 is 6.03 Å². The van der Waals surface area contributed by atoms with Crippen LogP contribution >= 0.6 is 0 Å². The molecular formula is C32H34N4O7. The van der Waals surface area contributed by atoms with Gasteiger partial charge in [0.2, 0.25) is 5.91 Å². The molecule has 1 aromatic heterocycles. The van der Waals surface area contributed by atoms with Crippen LogP contribution in [0.1, 0.15) is 23.6 Å². The maximum atomic E-state index is 14.6. The van der Waals surface area contributed by atoms with E-state index in [9.17, 15) is 19.2 Å². The van der Waals surface area contributed by atoms with Gasteiger partial charge in [-0.05, 0) is 42.2 Å². The highest BCUT2D eigenvalue weighted by molar-refractivity contribution is 6.30. The van der Waals surface area contributed by atoms with E-state index in [1.807, 2.05) is 10.6 Å². The molecular weight excluding hydrogens is 552 g/mol. The first-order valence-corrected chi connectivity index (χ1v) is 14.2. The minimum absolute atomic E-state index is 0.0134. The molecule has 11 nitrogen and oxygen atoms in total. The van der Waals surface area contributed by atoms with Crippen molar-refractivity contribution in [3.8, 4) is 17.2 Å². The number of carbonyl (C=O) groups excluding carboxylic acids is 3. The van der Waals surface area contributed by atoms with Crippen LogP contribution in [0.4, 0.5) is 10.5 Å². The van der Waals surface area contributed by atoms with Gasteiger partial charge in [-0.2, -0.15) is 0 Å². The Kier molecular flexibility index (Phi) is 7.43. The number of methoxy groups -OCH3 is 3. The largest absolute Gasteiger partial charge is 0.497 e. The SMILES string of the molecule is COc1cccc(N2C(=O)NC(=O)C(Cc3ccc(OC)cc3OC)(CN3C[C@@H]4C[C@H](C3)c3cccc(=O)n3C4)C2=O)c1. The summed E-state index contributed by atoms with van der Waals surface area (Å²) in [7, 11) is 4.57. The van der Waals surface area contributed by atoms with Gasteiger partial charge in [0.25, 0.3) is 11.5 Å². The van der Waals surface area contributed by atoms with Crippen molar-refractivity contribution in [1.29, 1.82) is 0 Å². The third-order valence-corrected chi connectivity index (χ3v) is 8.82. The van der Waals surface area contributed by atoms with Crippen molar-refractivity contribution < 1.29 is 28.6 Å². The molecule has 3 aliphatic rings. The first-order valence-electron chi connectivity index (χ1n) is 14.2. The minimum atomic E-state index is -1.67. The molecule has 3 aliphatic heterocycles. The van der Waals surface area contributed by atoms with E-state index < -0.39 is 23.3 Å². The van der Waals surface area contributed by atoms with Crippen LogP contribution in [0.2, 0.25) is 0 Å². The maximum absolute atomic E-state index is 14.6. The van der Waals surface area contributed by atoms with Crippen LogP contribution in [0, 0.1) is 11.3 Å². The lowest BCUT2D eigenvalue weighted by molar-refractivity contribution is -0.144. The summed E-state index contributed by atoms with van der Waals surface area (Å²) in [4.78, 5) is 57.6. The molecule has 4 amide bonds. The smallest absolute Gasteiger partial charge is 0.335 e. The monoisotopic (exact) mass is 586 g/mol. The molecule has 2 fully saturated rings. The molecule has 2 aromatic carbocycles. The molecule has 2 bridgehead atoms. The summed E-state index contributed by atoms with van der Waals surface area (Å²) in [6, 6.07) is 16.4. The number of hydrogen-bond donors (Lipinski definition) is 1. The molecule has 0 saturated carbocycles. The third kappa shape index (κ3) is 5.03. The Morgan fingerprint density at radius 2 is 1.63 bits per heavy atom. The van der Waals surface area contributed by atoms with Crippen LogP contribution in [0.25, 0.3) is 0 Å². The van der Waals surface area contributed by atoms with E-state index in [0.29, 0.717) is 48.1 Å². The van der Waals surface area contributed by atoms with Crippen LogP contribution in [0.5, 0.6) is 17.2 Å². The molecule has 1 unspecified atom stereocenters. The van der Waals surface area contributed by atoms with Gasteiger partial charge in [-0.15, -0.1) is 0 Å². The van der Waals surface area contributed by atoms with Crippen molar-refractivity contribution in [2.45, 2.75) is 25.3 Å². The van der Waals surface area contributed by atoms with E-state index in [4.69, 9.17) is 14.2 Å². The fourth-order valence-corrected chi connectivity index (χ4v) is 6.84. The average Bonchev–Trinajstić information content (AvgIpc) is 3.01. The lowest BCUT2D eigenvalue weighted by Gasteiger charge is -2.47. The Labute approximate surface area is 248 Å². The van der Waals surface area contributed by atoms with E-state index in [1.54, 1.807) is 61.7 Å². The van der Waals surface area contributed by atoms with Gasteiger partial charge in [-0.3, -0.25) is 19.7 Å². The minimum Gasteiger partial charge on any atom is -0.497 e. The zero-order valence-corrected chi connectivity index (χ0v) is 24.4. The summed E-state index contributed by atoms with van der Waals surface area (Å²) in [5, 5.41) is 2.48. The quantitative estimate of drug-likeness (QED) is 0.401. The Balaban J connectivity index is 1.41. The molecule has 1 N–H and O–H groups in total. The number of barbiturate groups is 1. The van der Waals surface area contributed by atoms with Crippen LogP contribution in [-0.2, 0) is 22.6 Å². The summed E-state index contributed by atoms with van der Waals surface area (Å²) in [5.41, 5.74) is 0.205. The summed E-state index contributed by atoms with van der Waals surface area (Å²) in [6.45, 7) is 1.82. The highest BCUT2D eigenvalue weighted by Gasteiger charge is 2.56. The molecule has 3 aromatic rings. The number of piperidine rings is 1. The van der Waals surface area contributed by atoms with Crippen LogP contribution in [0.15, 0.2) is 65.5 Å². The lowest BCUT2D eigenvalue weighted by atomic mass is 9.75. The standard InChI is InChI=1S/C32H34N4O7/c1-41-24-7-4-6-23(13-24)36-30(39)32(29(38)33-31(36)40,15-21-10-11-25(42-2)14-27(21)43-3)19-34-16-20-12-22(18-34)26-8-5-9-28(37)35(26)17-20/h4-11,13-14,20,22H,12,15-19H2,1-3H3,(H,33,38,40)/t20-,22+,32?/m0/s1. The molecule has 43 heavy (non-hydrogen) atoms. The number of amides is 4. The normalized spacial score (nSPS) is 23.4. The molecule has 0 radical (unpaired) electrons. The van der Waals surface area contributed by atoms with E-state index in [-0.39, 0.29) is 30.4 Å². The van der Waals surface area contributed by atoms with E-state index in [0.717, 1.165) is 17.0 Å². The van der Waals surface area contributed by atoms with Crippen molar-refractivity contribution in [2.24, 2.45) is 11.3 Å². The van der Waals surface area contributed by atoms with Gasteiger partial charge in [-0.1, -0.05) is 18.2 Å². The summed E-state index contributed by atoms with van der Waals surface area (Å²) in [5.74, 6) is 0.471. The number of likely N-dealkylation sites (tertiary alicyclic amines) is 1.